The molecule has 1 heterocycles. The van der Waals surface area contributed by atoms with Crippen LogP contribution >= 0.6 is 15.9 Å². The molecule has 0 aliphatic rings. The predicted octanol–water partition coefficient (Wildman–Crippen LogP) is 3.72. The Morgan fingerprint density at radius 1 is 1.37 bits per heavy atom. The monoisotopic (exact) mass is 320 g/mol. The van der Waals surface area contributed by atoms with E-state index in [1.165, 1.54) is 18.3 Å². The molecule has 0 fully saturated rings. The van der Waals surface area contributed by atoms with Crippen LogP contribution in [0.4, 0.5) is 5.82 Å². The van der Waals surface area contributed by atoms with Gasteiger partial charge >= 0.3 is 5.97 Å². The number of anilines is 1. The molecule has 0 radical (unpaired) electrons. The number of rotatable bonds is 4. The Bertz CT molecular complexity index is 602. The van der Waals surface area contributed by atoms with E-state index in [-0.39, 0.29) is 11.6 Å². The third-order valence-electron chi connectivity index (χ3n) is 2.72. The second-order valence-electron chi connectivity index (χ2n) is 4.16. The third kappa shape index (κ3) is 3.54. The van der Waals surface area contributed by atoms with Gasteiger partial charge in [0, 0.05) is 16.7 Å². The van der Waals surface area contributed by atoms with Crippen LogP contribution in [0.15, 0.2) is 47.1 Å². The van der Waals surface area contributed by atoms with E-state index >= 15 is 0 Å². The molecular formula is C14H13BrN2O2. The van der Waals surface area contributed by atoms with Crippen LogP contribution in [0.25, 0.3) is 0 Å². The molecule has 1 unspecified atom stereocenters. The molecular weight excluding hydrogens is 308 g/mol. The minimum atomic E-state index is -0.958. The Labute approximate surface area is 119 Å². The Hall–Kier alpha value is -1.88. The van der Waals surface area contributed by atoms with Crippen molar-refractivity contribution in [2.45, 2.75) is 13.0 Å². The number of halogens is 1. The van der Waals surface area contributed by atoms with Gasteiger partial charge in [0.15, 0.2) is 0 Å². The average Bonchev–Trinajstić information content (AvgIpc) is 2.39. The fraction of sp³-hybridized carbons (Fsp3) is 0.143. The van der Waals surface area contributed by atoms with E-state index in [4.69, 9.17) is 5.11 Å². The summed E-state index contributed by atoms with van der Waals surface area (Å²) in [5.41, 5.74) is 1.32. The van der Waals surface area contributed by atoms with Gasteiger partial charge in [-0.3, -0.25) is 0 Å². The number of hydrogen-bond donors (Lipinski definition) is 2. The molecule has 19 heavy (non-hydrogen) atoms. The number of nitrogens with zero attached hydrogens (tertiary/aromatic N) is 1. The zero-order valence-corrected chi connectivity index (χ0v) is 11.9. The first kappa shape index (κ1) is 13.5. The summed E-state index contributed by atoms with van der Waals surface area (Å²) in [7, 11) is 0. The molecule has 4 nitrogen and oxygen atoms in total. The van der Waals surface area contributed by atoms with Crippen molar-refractivity contribution in [3.8, 4) is 0 Å². The molecule has 0 amide bonds. The van der Waals surface area contributed by atoms with Crippen LogP contribution in [0.2, 0.25) is 0 Å². The standard InChI is InChI=1S/C14H13BrN2O2/c1-9(10-3-2-4-12(15)7-10)17-13-8-11(14(18)19)5-6-16-13/h2-9H,1H3,(H,16,17)(H,18,19). The van der Waals surface area contributed by atoms with Gasteiger partial charge in [0.05, 0.1) is 5.56 Å². The van der Waals surface area contributed by atoms with E-state index in [1.807, 2.05) is 31.2 Å². The number of nitrogens with one attached hydrogen (secondary N) is 1. The molecule has 2 aromatic rings. The number of hydrogen-bond acceptors (Lipinski definition) is 3. The number of benzene rings is 1. The van der Waals surface area contributed by atoms with Crippen molar-refractivity contribution in [2.75, 3.05) is 5.32 Å². The maximum atomic E-state index is 10.9. The summed E-state index contributed by atoms with van der Waals surface area (Å²) in [4.78, 5) is 15.0. The Kier molecular flexibility index (Phi) is 4.16. The van der Waals surface area contributed by atoms with Crippen molar-refractivity contribution in [1.29, 1.82) is 0 Å². The molecule has 1 atom stereocenters. The minimum absolute atomic E-state index is 0.0362. The highest BCUT2D eigenvalue weighted by Gasteiger charge is 2.08. The van der Waals surface area contributed by atoms with Crippen molar-refractivity contribution >= 4 is 27.7 Å². The van der Waals surface area contributed by atoms with Gasteiger partial charge in [-0.2, -0.15) is 0 Å². The second kappa shape index (κ2) is 5.84. The first-order valence-corrected chi connectivity index (χ1v) is 6.57. The van der Waals surface area contributed by atoms with Crippen molar-refractivity contribution in [3.63, 3.8) is 0 Å². The van der Waals surface area contributed by atoms with Gasteiger partial charge in [-0.1, -0.05) is 28.1 Å². The number of carboxylic acids is 1. The Morgan fingerprint density at radius 2 is 2.16 bits per heavy atom. The van der Waals surface area contributed by atoms with E-state index in [0.717, 1.165) is 10.0 Å². The van der Waals surface area contributed by atoms with Gasteiger partial charge in [0.1, 0.15) is 5.82 Å². The molecule has 0 saturated carbocycles. The van der Waals surface area contributed by atoms with Crippen LogP contribution in [0.1, 0.15) is 28.9 Å². The van der Waals surface area contributed by atoms with Gasteiger partial charge in [-0.15, -0.1) is 0 Å². The van der Waals surface area contributed by atoms with Gasteiger partial charge in [-0.25, -0.2) is 9.78 Å². The summed E-state index contributed by atoms with van der Waals surface area (Å²) >= 11 is 3.43. The van der Waals surface area contributed by atoms with Crippen LogP contribution in [0.5, 0.6) is 0 Å². The van der Waals surface area contributed by atoms with E-state index < -0.39 is 5.97 Å². The van der Waals surface area contributed by atoms with Crippen molar-refractivity contribution < 1.29 is 9.90 Å². The Balaban J connectivity index is 2.17. The fourth-order valence-electron chi connectivity index (χ4n) is 1.72. The third-order valence-corrected chi connectivity index (χ3v) is 3.21. The number of carboxylic acid groups (broad SMARTS) is 1. The number of carbonyl (C=O) groups is 1. The van der Waals surface area contributed by atoms with E-state index in [0.29, 0.717) is 5.82 Å². The molecule has 0 aliphatic heterocycles. The normalized spacial score (nSPS) is 11.9. The molecule has 5 heteroatoms. The van der Waals surface area contributed by atoms with Crippen molar-refractivity contribution in [1.82, 2.24) is 4.98 Å². The smallest absolute Gasteiger partial charge is 0.335 e. The van der Waals surface area contributed by atoms with Gasteiger partial charge in [-0.05, 0) is 36.8 Å². The molecule has 0 bridgehead atoms. The maximum Gasteiger partial charge on any atom is 0.335 e. The first-order valence-electron chi connectivity index (χ1n) is 5.77. The number of aromatic carboxylic acids is 1. The minimum Gasteiger partial charge on any atom is -0.478 e. The summed E-state index contributed by atoms with van der Waals surface area (Å²) in [5, 5.41) is 12.1. The second-order valence-corrected chi connectivity index (χ2v) is 5.07. The molecule has 0 saturated heterocycles. The van der Waals surface area contributed by atoms with Gasteiger partial charge in [0.25, 0.3) is 0 Å². The van der Waals surface area contributed by atoms with E-state index in [1.54, 1.807) is 0 Å². The zero-order valence-electron chi connectivity index (χ0n) is 10.3. The van der Waals surface area contributed by atoms with Crippen LogP contribution in [0.3, 0.4) is 0 Å². The lowest BCUT2D eigenvalue weighted by atomic mass is 10.1. The van der Waals surface area contributed by atoms with Crippen molar-refractivity contribution in [3.05, 3.63) is 58.2 Å². The Morgan fingerprint density at radius 3 is 2.84 bits per heavy atom. The lowest BCUT2D eigenvalue weighted by Gasteiger charge is -2.15. The topological polar surface area (TPSA) is 62.2 Å². The summed E-state index contributed by atoms with van der Waals surface area (Å²) in [6, 6.07) is 11.0. The maximum absolute atomic E-state index is 10.9. The van der Waals surface area contributed by atoms with Crippen LogP contribution in [-0.4, -0.2) is 16.1 Å². The van der Waals surface area contributed by atoms with Crippen LogP contribution in [-0.2, 0) is 0 Å². The highest BCUT2D eigenvalue weighted by atomic mass is 79.9. The zero-order chi connectivity index (χ0) is 13.8. The highest BCUT2D eigenvalue weighted by molar-refractivity contribution is 9.10. The summed E-state index contributed by atoms with van der Waals surface area (Å²) in [5.74, 6) is -0.409. The molecule has 2 rings (SSSR count). The van der Waals surface area contributed by atoms with Crippen LogP contribution in [0, 0.1) is 0 Å². The summed E-state index contributed by atoms with van der Waals surface area (Å²) < 4.78 is 1.01. The van der Waals surface area contributed by atoms with Crippen molar-refractivity contribution in [2.24, 2.45) is 0 Å². The largest absolute Gasteiger partial charge is 0.478 e. The molecule has 1 aromatic carbocycles. The average molecular weight is 321 g/mol. The molecule has 98 valence electrons. The van der Waals surface area contributed by atoms with Gasteiger partial charge < -0.3 is 10.4 Å². The highest BCUT2D eigenvalue weighted by Crippen LogP contribution is 2.21. The first-order chi connectivity index (χ1) is 9.06. The van der Waals surface area contributed by atoms with Crippen LogP contribution < -0.4 is 5.32 Å². The predicted molar refractivity (Wildman–Crippen MR) is 77.4 cm³/mol. The number of pyridine rings is 1. The summed E-state index contributed by atoms with van der Waals surface area (Å²) in [6.07, 6.45) is 1.49. The lowest BCUT2D eigenvalue weighted by Crippen LogP contribution is -2.09. The fourth-order valence-corrected chi connectivity index (χ4v) is 2.14. The van der Waals surface area contributed by atoms with E-state index in [2.05, 4.69) is 26.2 Å². The molecule has 0 spiro atoms. The summed E-state index contributed by atoms with van der Waals surface area (Å²) in [6.45, 7) is 2.00. The molecule has 1 aromatic heterocycles. The van der Waals surface area contributed by atoms with E-state index in [9.17, 15) is 4.79 Å². The number of aromatic nitrogens is 1. The van der Waals surface area contributed by atoms with Gasteiger partial charge in [0.2, 0.25) is 0 Å². The SMILES string of the molecule is CC(Nc1cc(C(=O)O)ccn1)c1cccc(Br)c1. The lowest BCUT2D eigenvalue weighted by molar-refractivity contribution is 0.0697. The quantitative estimate of drug-likeness (QED) is 0.901. The molecule has 0 aliphatic carbocycles. The molecule has 2 N–H and O–H groups in total.